The summed E-state index contributed by atoms with van der Waals surface area (Å²) in [6.45, 7) is 2.97. The minimum atomic E-state index is -0.256. The first-order chi connectivity index (χ1) is 10.6. The van der Waals surface area contributed by atoms with Gasteiger partial charge in [0.1, 0.15) is 19.0 Å². The van der Waals surface area contributed by atoms with E-state index >= 15 is 0 Å². The summed E-state index contributed by atoms with van der Waals surface area (Å²) in [5.74, 6) is 0.564. The summed E-state index contributed by atoms with van der Waals surface area (Å²) in [6, 6.07) is 17.9. The Morgan fingerprint density at radius 1 is 1.09 bits per heavy atom. The van der Waals surface area contributed by atoms with Crippen LogP contribution in [0.4, 0.5) is 5.69 Å². The molecule has 0 aromatic heterocycles. The lowest BCUT2D eigenvalue weighted by atomic mass is 10.2. The number of nitrogens with zero attached hydrogens (tertiary/aromatic N) is 1. The Hall–Kier alpha value is -2.49. The Morgan fingerprint density at radius 2 is 1.86 bits per heavy atom. The van der Waals surface area contributed by atoms with Gasteiger partial charge >= 0.3 is 5.97 Å². The van der Waals surface area contributed by atoms with Gasteiger partial charge in [-0.25, -0.2) is 0 Å². The van der Waals surface area contributed by atoms with Crippen molar-refractivity contribution in [2.45, 2.75) is 13.5 Å². The van der Waals surface area contributed by atoms with Crippen molar-refractivity contribution in [2.24, 2.45) is 0 Å². The quantitative estimate of drug-likeness (QED) is 0.736. The number of likely N-dealkylation sites (N-methyl/N-ethyl adjacent to an activating group) is 1. The van der Waals surface area contributed by atoms with Crippen LogP contribution < -0.4 is 9.64 Å². The average Bonchev–Trinajstić information content (AvgIpc) is 2.54. The number of anilines is 1. The van der Waals surface area contributed by atoms with E-state index in [1.807, 2.05) is 66.5 Å². The second kappa shape index (κ2) is 8.08. The summed E-state index contributed by atoms with van der Waals surface area (Å²) >= 11 is 0. The van der Waals surface area contributed by atoms with Crippen LogP contribution in [0.15, 0.2) is 54.6 Å². The SMILES string of the molecule is CC(=O)OCCN(C)c1cccc(OCc2ccccc2)c1. The zero-order valence-electron chi connectivity index (χ0n) is 13.0. The predicted molar refractivity (Wildman–Crippen MR) is 87.1 cm³/mol. The summed E-state index contributed by atoms with van der Waals surface area (Å²) in [4.78, 5) is 12.8. The van der Waals surface area contributed by atoms with Crippen LogP contribution in [-0.2, 0) is 16.1 Å². The minimum absolute atomic E-state index is 0.256. The van der Waals surface area contributed by atoms with Gasteiger partial charge in [0, 0.05) is 25.7 Å². The first kappa shape index (κ1) is 15.9. The fourth-order valence-electron chi connectivity index (χ4n) is 2.01. The molecule has 0 saturated heterocycles. The molecular formula is C18H21NO3. The standard InChI is InChI=1S/C18H21NO3/c1-15(20)21-12-11-19(2)17-9-6-10-18(13-17)22-14-16-7-4-3-5-8-16/h3-10,13H,11-12,14H2,1-2H3. The third-order valence-electron chi connectivity index (χ3n) is 3.24. The summed E-state index contributed by atoms with van der Waals surface area (Å²) < 4.78 is 10.8. The molecule has 0 aliphatic rings. The number of ether oxygens (including phenoxy) is 2. The van der Waals surface area contributed by atoms with Crippen molar-refractivity contribution in [3.05, 3.63) is 60.2 Å². The van der Waals surface area contributed by atoms with Crippen LogP contribution in [-0.4, -0.2) is 26.2 Å². The summed E-state index contributed by atoms with van der Waals surface area (Å²) in [5, 5.41) is 0. The maximum absolute atomic E-state index is 10.8. The summed E-state index contributed by atoms with van der Waals surface area (Å²) in [5.41, 5.74) is 2.16. The molecule has 22 heavy (non-hydrogen) atoms. The van der Waals surface area contributed by atoms with Crippen LogP contribution in [0.25, 0.3) is 0 Å². The topological polar surface area (TPSA) is 38.8 Å². The largest absolute Gasteiger partial charge is 0.489 e. The van der Waals surface area contributed by atoms with Gasteiger partial charge in [-0.05, 0) is 17.7 Å². The van der Waals surface area contributed by atoms with Crippen LogP contribution in [0.1, 0.15) is 12.5 Å². The second-order valence-corrected chi connectivity index (χ2v) is 5.03. The van der Waals surface area contributed by atoms with E-state index in [1.165, 1.54) is 6.92 Å². The smallest absolute Gasteiger partial charge is 0.302 e. The number of hydrogen-bond acceptors (Lipinski definition) is 4. The predicted octanol–water partition coefficient (Wildman–Crippen LogP) is 3.26. The molecule has 0 fully saturated rings. The van der Waals surface area contributed by atoms with Gasteiger partial charge in [-0.3, -0.25) is 4.79 Å². The van der Waals surface area contributed by atoms with E-state index in [9.17, 15) is 4.79 Å². The molecule has 2 aromatic carbocycles. The van der Waals surface area contributed by atoms with Gasteiger partial charge < -0.3 is 14.4 Å². The molecule has 4 nitrogen and oxygen atoms in total. The molecule has 0 saturated carbocycles. The molecule has 2 aromatic rings. The van der Waals surface area contributed by atoms with Crippen LogP contribution in [0, 0.1) is 0 Å². The van der Waals surface area contributed by atoms with Crippen molar-refractivity contribution < 1.29 is 14.3 Å². The van der Waals surface area contributed by atoms with Gasteiger partial charge in [0.05, 0.1) is 6.54 Å². The van der Waals surface area contributed by atoms with E-state index in [-0.39, 0.29) is 5.97 Å². The van der Waals surface area contributed by atoms with Crippen LogP contribution >= 0.6 is 0 Å². The maximum atomic E-state index is 10.8. The lowest BCUT2D eigenvalue weighted by Gasteiger charge is -2.19. The molecule has 0 unspecified atom stereocenters. The number of esters is 1. The first-order valence-corrected chi connectivity index (χ1v) is 7.26. The number of benzene rings is 2. The van der Waals surface area contributed by atoms with Gasteiger partial charge in [0.25, 0.3) is 0 Å². The lowest BCUT2D eigenvalue weighted by molar-refractivity contribution is -0.140. The molecule has 0 heterocycles. The molecule has 0 spiro atoms. The van der Waals surface area contributed by atoms with Gasteiger partial charge in [0.15, 0.2) is 0 Å². The fraction of sp³-hybridized carbons (Fsp3) is 0.278. The van der Waals surface area contributed by atoms with E-state index in [0.717, 1.165) is 17.0 Å². The molecule has 0 radical (unpaired) electrons. The van der Waals surface area contributed by atoms with Crippen molar-refractivity contribution >= 4 is 11.7 Å². The highest BCUT2D eigenvalue weighted by molar-refractivity contribution is 5.65. The Kier molecular flexibility index (Phi) is 5.83. The van der Waals surface area contributed by atoms with E-state index in [1.54, 1.807) is 0 Å². The molecule has 4 heteroatoms. The Bertz CT molecular complexity index is 598. The lowest BCUT2D eigenvalue weighted by Crippen LogP contribution is -2.23. The van der Waals surface area contributed by atoms with Crippen LogP contribution in [0.5, 0.6) is 5.75 Å². The zero-order chi connectivity index (χ0) is 15.8. The van der Waals surface area contributed by atoms with Crippen molar-refractivity contribution in [3.63, 3.8) is 0 Å². The minimum Gasteiger partial charge on any atom is -0.489 e. The Morgan fingerprint density at radius 3 is 2.59 bits per heavy atom. The molecule has 0 N–H and O–H groups in total. The number of rotatable bonds is 7. The van der Waals surface area contributed by atoms with Crippen LogP contribution in [0.2, 0.25) is 0 Å². The average molecular weight is 299 g/mol. The van der Waals surface area contributed by atoms with Crippen LogP contribution in [0.3, 0.4) is 0 Å². The molecule has 0 aliphatic heterocycles. The highest BCUT2D eigenvalue weighted by Gasteiger charge is 2.04. The van der Waals surface area contributed by atoms with E-state index in [0.29, 0.717) is 19.8 Å². The van der Waals surface area contributed by atoms with Gasteiger partial charge in [0.2, 0.25) is 0 Å². The van der Waals surface area contributed by atoms with Crippen molar-refractivity contribution in [1.29, 1.82) is 0 Å². The Balaban J connectivity index is 1.90. The van der Waals surface area contributed by atoms with E-state index < -0.39 is 0 Å². The van der Waals surface area contributed by atoms with Gasteiger partial charge in [-0.2, -0.15) is 0 Å². The summed E-state index contributed by atoms with van der Waals surface area (Å²) in [6.07, 6.45) is 0. The molecule has 0 amide bonds. The molecular weight excluding hydrogens is 278 g/mol. The first-order valence-electron chi connectivity index (χ1n) is 7.26. The zero-order valence-corrected chi connectivity index (χ0v) is 13.0. The molecule has 0 aliphatic carbocycles. The maximum Gasteiger partial charge on any atom is 0.302 e. The van der Waals surface area contributed by atoms with E-state index in [2.05, 4.69) is 0 Å². The number of carbonyl (C=O) groups is 1. The highest BCUT2D eigenvalue weighted by Crippen LogP contribution is 2.21. The third-order valence-corrected chi connectivity index (χ3v) is 3.24. The molecule has 116 valence electrons. The van der Waals surface area contributed by atoms with Crippen molar-refractivity contribution in [3.8, 4) is 5.75 Å². The van der Waals surface area contributed by atoms with Gasteiger partial charge in [-0.15, -0.1) is 0 Å². The monoisotopic (exact) mass is 299 g/mol. The highest BCUT2D eigenvalue weighted by atomic mass is 16.5. The normalized spacial score (nSPS) is 10.1. The molecule has 0 bridgehead atoms. The molecule has 0 atom stereocenters. The van der Waals surface area contributed by atoms with Crippen molar-refractivity contribution in [1.82, 2.24) is 0 Å². The fourth-order valence-corrected chi connectivity index (χ4v) is 2.01. The molecule has 2 rings (SSSR count). The van der Waals surface area contributed by atoms with Crippen molar-refractivity contribution in [2.75, 3.05) is 25.1 Å². The van der Waals surface area contributed by atoms with E-state index in [4.69, 9.17) is 9.47 Å². The third kappa shape index (κ3) is 5.13. The number of hydrogen-bond donors (Lipinski definition) is 0. The van der Waals surface area contributed by atoms with Gasteiger partial charge in [-0.1, -0.05) is 36.4 Å². The summed E-state index contributed by atoms with van der Waals surface area (Å²) in [7, 11) is 1.96. The Labute approximate surface area is 131 Å². The second-order valence-electron chi connectivity index (χ2n) is 5.03. The number of carbonyl (C=O) groups excluding carboxylic acids is 1.